The minimum Gasteiger partial charge on any atom is -0.381 e. The van der Waals surface area contributed by atoms with E-state index in [1.54, 1.807) is 13.4 Å². The van der Waals surface area contributed by atoms with Crippen LogP contribution in [0.25, 0.3) is 10.9 Å². The van der Waals surface area contributed by atoms with Crippen LogP contribution in [0.15, 0.2) is 24.5 Å². The molecule has 1 aromatic heterocycles. The standard InChI is InChI=1S/C17H23N3O/c1-12(2)13-4-5-16-15(10-13)17(19-11-18-16)20-8-6-14(21-3)7-9-20/h4-5,10-12,14H,6-9H2,1-3H3. The highest BCUT2D eigenvalue weighted by atomic mass is 16.5. The predicted octanol–water partition coefficient (Wildman–Crippen LogP) is 3.37. The number of anilines is 1. The van der Waals surface area contributed by atoms with E-state index in [1.807, 2.05) is 0 Å². The van der Waals surface area contributed by atoms with Crippen molar-refractivity contribution in [1.82, 2.24) is 9.97 Å². The van der Waals surface area contributed by atoms with E-state index in [0.717, 1.165) is 37.3 Å². The molecule has 0 atom stereocenters. The highest BCUT2D eigenvalue weighted by Gasteiger charge is 2.21. The highest BCUT2D eigenvalue weighted by molar-refractivity contribution is 5.90. The average Bonchev–Trinajstić information content (AvgIpc) is 2.54. The zero-order valence-corrected chi connectivity index (χ0v) is 13.0. The van der Waals surface area contributed by atoms with Gasteiger partial charge in [0.05, 0.1) is 11.6 Å². The van der Waals surface area contributed by atoms with Crippen molar-refractivity contribution >= 4 is 16.7 Å². The number of piperidine rings is 1. The summed E-state index contributed by atoms with van der Waals surface area (Å²) in [5, 5.41) is 1.17. The van der Waals surface area contributed by atoms with Gasteiger partial charge in [-0.15, -0.1) is 0 Å². The third kappa shape index (κ3) is 2.86. The van der Waals surface area contributed by atoms with Crippen LogP contribution in [-0.4, -0.2) is 36.3 Å². The first kappa shape index (κ1) is 14.3. The number of nitrogens with zero attached hydrogens (tertiary/aromatic N) is 3. The summed E-state index contributed by atoms with van der Waals surface area (Å²) < 4.78 is 5.45. The minimum absolute atomic E-state index is 0.389. The molecule has 21 heavy (non-hydrogen) atoms. The van der Waals surface area contributed by atoms with Gasteiger partial charge in [-0.1, -0.05) is 19.9 Å². The maximum absolute atomic E-state index is 5.45. The van der Waals surface area contributed by atoms with Crippen LogP contribution in [0.3, 0.4) is 0 Å². The molecule has 0 spiro atoms. The van der Waals surface area contributed by atoms with Crippen molar-refractivity contribution in [3.05, 3.63) is 30.1 Å². The van der Waals surface area contributed by atoms with E-state index in [-0.39, 0.29) is 0 Å². The predicted molar refractivity (Wildman–Crippen MR) is 85.9 cm³/mol. The topological polar surface area (TPSA) is 38.2 Å². The number of fused-ring (bicyclic) bond motifs is 1. The lowest BCUT2D eigenvalue weighted by atomic mass is 10.0. The largest absolute Gasteiger partial charge is 0.381 e. The van der Waals surface area contributed by atoms with Crippen LogP contribution < -0.4 is 4.90 Å². The molecule has 0 bridgehead atoms. The first-order valence-electron chi connectivity index (χ1n) is 7.71. The number of hydrogen-bond acceptors (Lipinski definition) is 4. The minimum atomic E-state index is 0.389. The van der Waals surface area contributed by atoms with E-state index >= 15 is 0 Å². The van der Waals surface area contributed by atoms with Crippen molar-refractivity contribution in [3.8, 4) is 0 Å². The van der Waals surface area contributed by atoms with Gasteiger partial charge in [0.2, 0.25) is 0 Å². The van der Waals surface area contributed by atoms with E-state index in [0.29, 0.717) is 12.0 Å². The highest BCUT2D eigenvalue weighted by Crippen LogP contribution is 2.28. The molecule has 0 radical (unpaired) electrons. The van der Waals surface area contributed by atoms with Crippen LogP contribution in [-0.2, 0) is 4.74 Å². The van der Waals surface area contributed by atoms with Gasteiger partial charge in [-0.05, 0) is 36.5 Å². The van der Waals surface area contributed by atoms with Gasteiger partial charge in [0.15, 0.2) is 0 Å². The molecule has 1 fully saturated rings. The molecule has 0 N–H and O–H groups in total. The number of rotatable bonds is 3. The molecule has 1 aromatic carbocycles. The third-order valence-corrected chi connectivity index (χ3v) is 4.38. The molecule has 0 unspecified atom stereocenters. The Balaban J connectivity index is 1.96. The van der Waals surface area contributed by atoms with Gasteiger partial charge < -0.3 is 9.64 Å². The lowest BCUT2D eigenvalue weighted by molar-refractivity contribution is 0.0818. The summed E-state index contributed by atoms with van der Waals surface area (Å²) in [5.41, 5.74) is 2.36. The smallest absolute Gasteiger partial charge is 0.139 e. The van der Waals surface area contributed by atoms with E-state index in [2.05, 4.69) is 46.9 Å². The zero-order valence-electron chi connectivity index (χ0n) is 13.0. The van der Waals surface area contributed by atoms with Gasteiger partial charge in [-0.2, -0.15) is 0 Å². The molecule has 1 saturated heterocycles. The zero-order chi connectivity index (χ0) is 14.8. The Hall–Kier alpha value is -1.68. The molecule has 2 heterocycles. The molecule has 0 aliphatic carbocycles. The maximum atomic E-state index is 5.45. The Bertz CT molecular complexity index is 618. The van der Waals surface area contributed by atoms with Gasteiger partial charge in [-0.25, -0.2) is 9.97 Å². The molecule has 2 aromatic rings. The number of benzene rings is 1. The summed E-state index contributed by atoms with van der Waals surface area (Å²) in [4.78, 5) is 11.3. The first-order chi connectivity index (χ1) is 10.2. The average molecular weight is 285 g/mol. The molecule has 0 amide bonds. The van der Waals surface area contributed by atoms with Gasteiger partial charge in [0.25, 0.3) is 0 Å². The van der Waals surface area contributed by atoms with Crippen molar-refractivity contribution in [2.75, 3.05) is 25.1 Å². The Morgan fingerprint density at radius 1 is 1.19 bits per heavy atom. The second kappa shape index (κ2) is 5.98. The summed E-state index contributed by atoms with van der Waals surface area (Å²) in [6.07, 6.45) is 4.19. The Kier molecular flexibility index (Phi) is 4.06. The van der Waals surface area contributed by atoms with Crippen molar-refractivity contribution < 1.29 is 4.74 Å². The van der Waals surface area contributed by atoms with E-state index in [9.17, 15) is 0 Å². The van der Waals surface area contributed by atoms with Gasteiger partial charge >= 0.3 is 0 Å². The summed E-state index contributed by atoms with van der Waals surface area (Å²) in [7, 11) is 1.80. The summed E-state index contributed by atoms with van der Waals surface area (Å²) >= 11 is 0. The number of ether oxygens (including phenoxy) is 1. The molecule has 3 rings (SSSR count). The van der Waals surface area contributed by atoms with Crippen molar-refractivity contribution in [3.63, 3.8) is 0 Å². The summed E-state index contributed by atoms with van der Waals surface area (Å²) in [6.45, 7) is 6.43. The lowest BCUT2D eigenvalue weighted by Gasteiger charge is -2.32. The van der Waals surface area contributed by atoms with E-state index < -0.39 is 0 Å². The first-order valence-corrected chi connectivity index (χ1v) is 7.71. The van der Waals surface area contributed by atoms with Crippen LogP contribution >= 0.6 is 0 Å². The normalized spacial score (nSPS) is 16.9. The molecule has 4 nitrogen and oxygen atoms in total. The quantitative estimate of drug-likeness (QED) is 0.866. The Morgan fingerprint density at radius 2 is 1.95 bits per heavy atom. The second-order valence-corrected chi connectivity index (χ2v) is 6.05. The third-order valence-electron chi connectivity index (χ3n) is 4.38. The maximum Gasteiger partial charge on any atom is 0.139 e. The van der Waals surface area contributed by atoms with Crippen LogP contribution in [0.2, 0.25) is 0 Å². The molecule has 0 saturated carbocycles. The number of hydrogen-bond donors (Lipinski definition) is 0. The monoisotopic (exact) mass is 285 g/mol. The molecule has 1 aliphatic heterocycles. The van der Waals surface area contributed by atoms with Gasteiger partial charge in [0.1, 0.15) is 12.1 Å². The fourth-order valence-electron chi connectivity index (χ4n) is 2.98. The van der Waals surface area contributed by atoms with Crippen molar-refractivity contribution in [2.24, 2.45) is 0 Å². The Labute approximate surface area is 126 Å². The fourth-order valence-corrected chi connectivity index (χ4v) is 2.98. The molecular formula is C17H23N3O. The van der Waals surface area contributed by atoms with E-state index in [1.165, 1.54) is 10.9 Å². The summed E-state index contributed by atoms with van der Waals surface area (Å²) in [5.74, 6) is 1.58. The van der Waals surface area contributed by atoms with Crippen molar-refractivity contribution in [1.29, 1.82) is 0 Å². The van der Waals surface area contributed by atoms with Crippen LogP contribution in [0.5, 0.6) is 0 Å². The SMILES string of the molecule is COC1CCN(c2ncnc3ccc(C(C)C)cc23)CC1. The molecule has 112 valence electrons. The molecule has 1 aliphatic rings. The van der Waals surface area contributed by atoms with Gasteiger partial charge in [-0.3, -0.25) is 0 Å². The number of methoxy groups -OCH3 is 1. The van der Waals surface area contributed by atoms with Crippen LogP contribution in [0.4, 0.5) is 5.82 Å². The fraction of sp³-hybridized carbons (Fsp3) is 0.529. The Morgan fingerprint density at radius 3 is 2.62 bits per heavy atom. The van der Waals surface area contributed by atoms with Gasteiger partial charge in [0, 0.05) is 25.6 Å². The molecule has 4 heteroatoms. The van der Waals surface area contributed by atoms with Crippen molar-refractivity contribution in [2.45, 2.75) is 38.7 Å². The molecular weight excluding hydrogens is 262 g/mol. The second-order valence-electron chi connectivity index (χ2n) is 6.05. The van der Waals surface area contributed by atoms with Crippen LogP contribution in [0.1, 0.15) is 38.2 Å². The summed E-state index contributed by atoms with van der Waals surface area (Å²) in [6, 6.07) is 6.52. The lowest BCUT2D eigenvalue weighted by Crippen LogP contribution is -2.37. The van der Waals surface area contributed by atoms with Crippen LogP contribution in [0, 0.1) is 0 Å². The number of aromatic nitrogens is 2. The van der Waals surface area contributed by atoms with E-state index in [4.69, 9.17) is 4.74 Å².